The third kappa shape index (κ3) is 3.17. The van der Waals surface area contributed by atoms with Crippen LogP contribution in [0.3, 0.4) is 0 Å². The lowest BCUT2D eigenvalue weighted by Crippen LogP contribution is -2.28. The lowest BCUT2D eigenvalue weighted by molar-refractivity contribution is -0.129. The van der Waals surface area contributed by atoms with E-state index in [2.05, 4.69) is 19.1 Å². The number of para-hydroxylation sites is 2. The Labute approximate surface area is 153 Å². The van der Waals surface area contributed by atoms with E-state index in [4.69, 9.17) is 0 Å². The average Bonchev–Trinajstić information content (AvgIpc) is 2.89. The van der Waals surface area contributed by atoms with Gasteiger partial charge in [0.15, 0.2) is 0 Å². The molecule has 26 heavy (non-hydrogen) atoms. The van der Waals surface area contributed by atoms with Crippen LogP contribution < -0.4 is 5.69 Å². The van der Waals surface area contributed by atoms with Crippen LogP contribution in [0.5, 0.6) is 0 Å². The fourth-order valence-corrected chi connectivity index (χ4v) is 3.50. The van der Waals surface area contributed by atoms with Gasteiger partial charge in [-0.15, -0.1) is 0 Å². The molecular formula is C21H25N3O2. The molecule has 5 heteroatoms. The Morgan fingerprint density at radius 3 is 2.27 bits per heavy atom. The number of carbonyl (C=O) groups is 1. The predicted octanol–water partition coefficient (Wildman–Crippen LogP) is 3.32. The van der Waals surface area contributed by atoms with E-state index in [1.54, 1.807) is 28.0 Å². The second-order valence-corrected chi connectivity index (χ2v) is 6.71. The van der Waals surface area contributed by atoms with Crippen molar-refractivity contribution in [3.05, 3.63) is 70.1 Å². The van der Waals surface area contributed by atoms with E-state index in [0.29, 0.717) is 6.54 Å². The summed E-state index contributed by atoms with van der Waals surface area (Å²) in [4.78, 5) is 26.0. The summed E-state index contributed by atoms with van der Waals surface area (Å²) in [6, 6.07) is 16.1. The summed E-state index contributed by atoms with van der Waals surface area (Å²) >= 11 is 0. The fourth-order valence-electron chi connectivity index (χ4n) is 3.50. The van der Waals surface area contributed by atoms with Crippen molar-refractivity contribution in [1.82, 2.24) is 14.0 Å². The number of aromatic nitrogens is 2. The Bertz CT molecular complexity index is 983. The number of fused-ring (bicyclic) bond motifs is 1. The highest BCUT2D eigenvalue weighted by Crippen LogP contribution is 2.23. The first kappa shape index (κ1) is 18.0. The number of amides is 1. The number of imidazole rings is 1. The number of aryl methyl sites for hydroxylation is 1. The standard InChI is InChI=1S/C21H25N3O2/c1-5-18(22(3)15(2)25)17-12-10-16(11-13-17)14-24-20-9-7-6-8-19(20)23(4)21(24)26/h6-13,18H,5,14H2,1-4H3/t18-/m1/s1. The van der Waals surface area contributed by atoms with Crippen molar-refractivity contribution < 1.29 is 4.79 Å². The first-order chi connectivity index (χ1) is 12.4. The lowest BCUT2D eigenvalue weighted by Gasteiger charge is -2.26. The maximum Gasteiger partial charge on any atom is 0.329 e. The number of carbonyl (C=O) groups excluding carboxylic acids is 1. The molecule has 1 atom stereocenters. The SMILES string of the molecule is CC[C@H](c1ccc(Cn2c(=O)n(C)c3ccccc32)cc1)N(C)C(C)=O. The van der Waals surface area contributed by atoms with Gasteiger partial charge in [-0.05, 0) is 29.7 Å². The van der Waals surface area contributed by atoms with Crippen LogP contribution >= 0.6 is 0 Å². The molecule has 1 aromatic heterocycles. The van der Waals surface area contributed by atoms with E-state index < -0.39 is 0 Å². The van der Waals surface area contributed by atoms with Crippen LogP contribution in [0.2, 0.25) is 0 Å². The van der Waals surface area contributed by atoms with E-state index in [-0.39, 0.29) is 17.6 Å². The first-order valence-electron chi connectivity index (χ1n) is 8.90. The van der Waals surface area contributed by atoms with Crippen molar-refractivity contribution >= 4 is 16.9 Å². The zero-order chi connectivity index (χ0) is 18.8. The van der Waals surface area contributed by atoms with E-state index in [9.17, 15) is 9.59 Å². The Morgan fingerprint density at radius 2 is 1.69 bits per heavy atom. The second kappa shape index (κ2) is 7.20. The molecule has 0 spiro atoms. The Balaban J connectivity index is 1.90. The van der Waals surface area contributed by atoms with E-state index in [1.807, 2.05) is 43.4 Å². The van der Waals surface area contributed by atoms with Crippen molar-refractivity contribution in [2.45, 2.75) is 32.9 Å². The van der Waals surface area contributed by atoms with Gasteiger partial charge >= 0.3 is 5.69 Å². The summed E-state index contributed by atoms with van der Waals surface area (Å²) in [6.07, 6.45) is 0.859. The summed E-state index contributed by atoms with van der Waals surface area (Å²) < 4.78 is 3.47. The molecule has 3 aromatic rings. The predicted molar refractivity (Wildman–Crippen MR) is 104 cm³/mol. The summed E-state index contributed by atoms with van der Waals surface area (Å²) in [5.74, 6) is 0.0586. The largest absolute Gasteiger partial charge is 0.339 e. The Morgan fingerprint density at radius 1 is 1.08 bits per heavy atom. The third-order valence-electron chi connectivity index (χ3n) is 5.11. The molecule has 0 unspecified atom stereocenters. The van der Waals surface area contributed by atoms with Crippen LogP contribution in [-0.4, -0.2) is 27.0 Å². The topological polar surface area (TPSA) is 47.2 Å². The molecule has 2 aromatic carbocycles. The van der Waals surface area contributed by atoms with Crippen LogP contribution in [0, 0.1) is 0 Å². The van der Waals surface area contributed by atoms with Crippen molar-refractivity contribution in [1.29, 1.82) is 0 Å². The number of hydrogen-bond donors (Lipinski definition) is 0. The number of hydrogen-bond acceptors (Lipinski definition) is 2. The van der Waals surface area contributed by atoms with Crippen LogP contribution in [0.4, 0.5) is 0 Å². The second-order valence-electron chi connectivity index (χ2n) is 6.71. The minimum atomic E-state index is -0.0157. The molecule has 5 nitrogen and oxygen atoms in total. The lowest BCUT2D eigenvalue weighted by atomic mass is 10.0. The normalized spacial score (nSPS) is 12.3. The molecule has 136 valence electrons. The molecule has 1 amide bonds. The Hall–Kier alpha value is -2.82. The van der Waals surface area contributed by atoms with Gasteiger partial charge in [0.1, 0.15) is 0 Å². The maximum atomic E-state index is 12.6. The smallest absolute Gasteiger partial charge is 0.329 e. The Kier molecular flexibility index (Phi) is 4.98. The molecular weight excluding hydrogens is 326 g/mol. The van der Waals surface area contributed by atoms with Crippen LogP contribution in [0.1, 0.15) is 37.4 Å². The van der Waals surface area contributed by atoms with Crippen molar-refractivity contribution in [2.24, 2.45) is 7.05 Å². The van der Waals surface area contributed by atoms with Gasteiger partial charge in [-0.25, -0.2) is 4.79 Å². The van der Waals surface area contributed by atoms with Gasteiger partial charge in [0.2, 0.25) is 5.91 Å². The number of rotatable bonds is 5. The number of benzene rings is 2. The van der Waals surface area contributed by atoms with Crippen LogP contribution in [0.15, 0.2) is 53.3 Å². The number of nitrogens with zero attached hydrogens (tertiary/aromatic N) is 3. The highest BCUT2D eigenvalue weighted by atomic mass is 16.2. The summed E-state index contributed by atoms with van der Waals surface area (Å²) in [7, 11) is 3.63. The highest BCUT2D eigenvalue weighted by Gasteiger charge is 2.17. The van der Waals surface area contributed by atoms with Gasteiger partial charge < -0.3 is 4.90 Å². The molecule has 3 rings (SSSR count). The van der Waals surface area contributed by atoms with E-state index in [1.165, 1.54) is 0 Å². The van der Waals surface area contributed by atoms with Gasteiger partial charge in [0, 0.05) is 21.0 Å². The molecule has 0 aliphatic heterocycles. The molecule has 1 heterocycles. The fraction of sp³-hybridized carbons (Fsp3) is 0.333. The van der Waals surface area contributed by atoms with E-state index >= 15 is 0 Å². The summed E-state index contributed by atoms with van der Waals surface area (Å²) in [6.45, 7) is 4.19. The molecule has 0 fully saturated rings. The zero-order valence-corrected chi connectivity index (χ0v) is 15.8. The molecule has 0 N–H and O–H groups in total. The van der Waals surface area contributed by atoms with Gasteiger partial charge in [-0.1, -0.05) is 43.3 Å². The quantitative estimate of drug-likeness (QED) is 0.708. The maximum absolute atomic E-state index is 12.6. The van der Waals surface area contributed by atoms with Crippen LogP contribution in [-0.2, 0) is 18.4 Å². The molecule has 0 aliphatic rings. The minimum Gasteiger partial charge on any atom is -0.339 e. The highest BCUT2D eigenvalue weighted by molar-refractivity contribution is 5.76. The monoisotopic (exact) mass is 351 g/mol. The third-order valence-corrected chi connectivity index (χ3v) is 5.11. The van der Waals surface area contributed by atoms with Crippen LogP contribution in [0.25, 0.3) is 11.0 Å². The van der Waals surface area contributed by atoms with Gasteiger partial charge in [-0.3, -0.25) is 13.9 Å². The van der Waals surface area contributed by atoms with Gasteiger partial charge in [-0.2, -0.15) is 0 Å². The van der Waals surface area contributed by atoms with E-state index in [0.717, 1.165) is 28.6 Å². The first-order valence-corrected chi connectivity index (χ1v) is 8.90. The molecule has 0 radical (unpaired) electrons. The zero-order valence-electron chi connectivity index (χ0n) is 15.8. The summed E-state index contributed by atoms with van der Waals surface area (Å²) in [5.41, 5.74) is 4.03. The van der Waals surface area contributed by atoms with Crippen molar-refractivity contribution in [2.75, 3.05) is 7.05 Å². The molecule has 0 aliphatic carbocycles. The van der Waals surface area contributed by atoms with Crippen molar-refractivity contribution in [3.8, 4) is 0 Å². The average molecular weight is 351 g/mol. The minimum absolute atomic E-state index is 0.0157. The van der Waals surface area contributed by atoms with Gasteiger partial charge in [0.25, 0.3) is 0 Å². The molecule has 0 bridgehead atoms. The van der Waals surface area contributed by atoms with Crippen molar-refractivity contribution in [3.63, 3.8) is 0 Å². The molecule has 0 saturated carbocycles. The van der Waals surface area contributed by atoms with Gasteiger partial charge in [0.05, 0.1) is 23.6 Å². The molecule has 0 saturated heterocycles. The summed E-state index contributed by atoms with van der Waals surface area (Å²) in [5, 5.41) is 0.